The summed E-state index contributed by atoms with van der Waals surface area (Å²) in [6.45, 7) is 2.14. The first-order valence-electron chi connectivity index (χ1n) is 8.38. The fraction of sp³-hybridized carbons (Fsp3) is 0.211. The van der Waals surface area contributed by atoms with Crippen molar-refractivity contribution in [3.63, 3.8) is 0 Å². The molecule has 1 atom stereocenters. The Morgan fingerprint density at radius 1 is 1.22 bits per heavy atom. The number of hydrogen-bond acceptors (Lipinski definition) is 4. The lowest BCUT2D eigenvalue weighted by molar-refractivity contribution is -0.00174. The zero-order chi connectivity index (χ0) is 19.0. The molecule has 0 saturated heterocycles. The molecule has 27 heavy (non-hydrogen) atoms. The van der Waals surface area contributed by atoms with Crippen LogP contribution in [0.5, 0.6) is 0 Å². The molecule has 8 heteroatoms. The summed E-state index contributed by atoms with van der Waals surface area (Å²) in [5, 5.41) is 10.7. The summed E-state index contributed by atoms with van der Waals surface area (Å²) in [5.41, 5.74) is 2.45. The van der Waals surface area contributed by atoms with Crippen LogP contribution in [0.1, 0.15) is 33.4 Å². The van der Waals surface area contributed by atoms with Crippen molar-refractivity contribution < 1.29 is 18.3 Å². The Kier molecular flexibility index (Phi) is 4.41. The molecular weight excluding hydrogens is 354 g/mol. The number of carbonyl (C=O) groups is 1. The summed E-state index contributed by atoms with van der Waals surface area (Å²) >= 11 is 0. The van der Waals surface area contributed by atoms with E-state index < -0.39 is 5.91 Å². The van der Waals surface area contributed by atoms with E-state index in [1.807, 2.05) is 0 Å². The van der Waals surface area contributed by atoms with Crippen LogP contribution in [0.15, 0.2) is 42.5 Å². The maximum Gasteiger partial charge on any atom is 0.278 e. The van der Waals surface area contributed by atoms with Crippen molar-refractivity contribution in [2.75, 3.05) is 5.32 Å². The number of halogens is 2. The number of amides is 1. The molecule has 3 aromatic rings. The first-order valence-corrected chi connectivity index (χ1v) is 8.38. The van der Waals surface area contributed by atoms with E-state index in [1.54, 1.807) is 29.8 Å². The SMILES string of the molecule is Cc1cc(NC(=O)c2nnn3c2CO[C@H](c2ccc(F)cc2)C3)ccc1F. The highest BCUT2D eigenvalue weighted by molar-refractivity contribution is 6.03. The van der Waals surface area contributed by atoms with Crippen molar-refractivity contribution in [3.8, 4) is 0 Å². The zero-order valence-corrected chi connectivity index (χ0v) is 14.4. The van der Waals surface area contributed by atoms with Gasteiger partial charge in [-0.3, -0.25) is 4.79 Å². The third-order valence-corrected chi connectivity index (χ3v) is 4.47. The van der Waals surface area contributed by atoms with Gasteiger partial charge in [-0.15, -0.1) is 5.10 Å². The van der Waals surface area contributed by atoms with E-state index >= 15 is 0 Å². The van der Waals surface area contributed by atoms with Crippen molar-refractivity contribution in [3.05, 3.63) is 76.6 Å². The summed E-state index contributed by atoms with van der Waals surface area (Å²) in [6.07, 6.45) is -0.296. The van der Waals surface area contributed by atoms with Gasteiger partial charge in [0.05, 0.1) is 18.8 Å². The third-order valence-electron chi connectivity index (χ3n) is 4.47. The van der Waals surface area contributed by atoms with Gasteiger partial charge in [0, 0.05) is 5.69 Å². The van der Waals surface area contributed by atoms with Crippen LogP contribution in [0, 0.1) is 18.6 Å². The summed E-state index contributed by atoms with van der Waals surface area (Å²) in [7, 11) is 0. The van der Waals surface area contributed by atoms with E-state index in [4.69, 9.17) is 4.74 Å². The molecule has 0 fully saturated rings. The van der Waals surface area contributed by atoms with Gasteiger partial charge in [0.1, 0.15) is 17.7 Å². The largest absolute Gasteiger partial charge is 0.365 e. The number of anilines is 1. The predicted octanol–water partition coefficient (Wildman–Crippen LogP) is 3.39. The molecule has 0 aliphatic carbocycles. The van der Waals surface area contributed by atoms with Crippen LogP contribution in [-0.2, 0) is 17.9 Å². The second-order valence-electron chi connectivity index (χ2n) is 6.34. The van der Waals surface area contributed by atoms with E-state index in [1.165, 1.54) is 24.3 Å². The number of rotatable bonds is 3. The minimum absolute atomic E-state index is 0.153. The smallest absolute Gasteiger partial charge is 0.278 e. The number of benzene rings is 2. The lowest BCUT2D eigenvalue weighted by Crippen LogP contribution is -2.24. The van der Waals surface area contributed by atoms with Gasteiger partial charge in [-0.25, -0.2) is 13.5 Å². The minimum atomic E-state index is -0.439. The molecule has 1 amide bonds. The van der Waals surface area contributed by atoms with E-state index in [2.05, 4.69) is 15.6 Å². The molecule has 1 N–H and O–H groups in total. The summed E-state index contributed by atoms with van der Waals surface area (Å²) in [4.78, 5) is 12.5. The highest BCUT2D eigenvalue weighted by Crippen LogP contribution is 2.27. The Morgan fingerprint density at radius 2 is 2.00 bits per heavy atom. The van der Waals surface area contributed by atoms with Crippen molar-refractivity contribution in [2.45, 2.75) is 26.2 Å². The van der Waals surface area contributed by atoms with Gasteiger partial charge in [-0.2, -0.15) is 0 Å². The molecule has 1 aromatic heterocycles. The molecular formula is C19H16F2N4O2. The van der Waals surface area contributed by atoms with E-state index in [0.717, 1.165) is 5.56 Å². The summed E-state index contributed by atoms with van der Waals surface area (Å²) < 4.78 is 33.9. The van der Waals surface area contributed by atoms with Crippen LogP contribution in [0.4, 0.5) is 14.5 Å². The maximum absolute atomic E-state index is 13.4. The molecule has 2 aromatic carbocycles. The Balaban J connectivity index is 1.51. The highest BCUT2D eigenvalue weighted by Gasteiger charge is 2.27. The monoisotopic (exact) mass is 370 g/mol. The number of aryl methyl sites for hydroxylation is 1. The molecule has 4 rings (SSSR count). The van der Waals surface area contributed by atoms with Crippen molar-refractivity contribution in [1.29, 1.82) is 0 Å². The molecule has 2 heterocycles. The van der Waals surface area contributed by atoms with Crippen LogP contribution in [0.2, 0.25) is 0 Å². The lowest BCUT2D eigenvalue weighted by atomic mass is 10.1. The number of fused-ring (bicyclic) bond motifs is 1. The first-order chi connectivity index (χ1) is 13.0. The van der Waals surface area contributed by atoms with Crippen LogP contribution >= 0.6 is 0 Å². The van der Waals surface area contributed by atoms with E-state index in [9.17, 15) is 13.6 Å². The van der Waals surface area contributed by atoms with Gasteiger partial charge < -0.3 is 10.1 Å². The fourth-order valence-corrected chi connectivity index (χ4v) is 2.98. The summed E-state index contributed by atoms with van der Waals surface area (Å²) in [6, 6.07) is 10.4. The molecule has 138 valence electrons. The number of nitrogens with zero attached hydrogens (tertiary/aromatic N) is 3. The molecule has 0 spiro atoms. The van der Waals surface area contributed by atoms with Gasteiger partial charge in [-0.1, -0.05) is 17.3 Å². The molecule has 0 saturated carbocycles. The minimum Gasteiger partial charge on any atom is -0.365 e. The molecule has 6 nitrogen and oxygen atoms in total. The predicted molar refractivity (Wildman–Crippen MR) is 93.0 cm³/mol. The van der Waals surface area contributed by atoms with Gasteiger partial charge in [0.2, 0.25) is 0 Å². The molecule has 0 unspecified atom stereocenters. The van der Waals surface area contributed by atoms with Crippen molar-refractivity contribution >= 4 is 11.6 Å². The average Bonchev–Trinajstić information content (AvgIpc) is 3.08. The second kappa shape index (κ2) is 6.88. The normalized spacial score (nSPS) is 16.0. The Bertz CT molecular complexity index is 1000. The average molecular weight is 370 g/mol. The highest BCUT2D eigenvalue weighted by atomic mass is 19.1. The van der Waals surface area contributed by atoms with Crippen LogP contribution in [-0.4, -0.2) is 20.9 Å². The van der Waals surface area contributed by atoms with Gasteiger partial charge in [0.25, 0.3) is 5.91 Å². The zero-order valence-electron chi connectivity index (χ0n) is 14.4. The number of nitrogens with one attached hydrogen (secondary N) is 1. The maximum atomic E-state index is 13.4. The molecule has 1 aliphatic heterocycles. The van der Waals surface area contributed by atoms with E-state index in [-0.39, 0.29) is 30.0 Å². The number of carbonyl (C=O) groups excluding carboxylic acids is 1. The Morgan fingerprint density at radius 3 is 2.74 bits per heavy atom. The number of ether oxygens (including phenoxy) is 1. The van der Waals surface area contributed by atoms with E-state index in [0.29, 0.717) is 23.5 Å². The summed E-state index contributed by atoms with van der Waals surface area (Å²) in [5.74, 6) is -1.09. The van der Waals surface area contributed by atoms with Gasteiger partial charge >= 0.3 is 0 Å². The molecule has 0 radical (unpaired) electrons. The van der Waals surface area contributed by atoms with Crippen LogP contribution in [0.3, 0.4) is 0 Å². The number of hydrogen-bond donors (Lipinski definition) is 1. The lowest BCUT2D eigenvalue weighted by Gasteiger charge is -2.24. The van der Waals surface area contributed by atoms with Crippen LogP contribution in [0.25, 0.3) is 0 Å². The third kappa shape index (κ3) is 3.43. The first kappa shape index (κ1) is 17.3. The van der Waals surface area contributed by atoms with Gasteiger partial charge in [0.15, 0.2) is 5.69 Å². The Labute approximate surface area is 153 Å². The van der Waals surface area contributed by atoms with Crippen molar-refractivity contribution in [2.24, 2.45) is 0 Å². The topological polar surface area (TPSA) is 69.0 Å². The molecule has 0 bridgehead atoms. The standard InChI is InChI=1S/C19H16F2N4O2/c1-11-8-14(6-7-15(11)21)22-19(26)18-16-10-27-17(9-25(16)24-23-18)12-2-4-13(20)5-3-12/h2-8,17H,9-10H2,1H3,(H,22,26)/t17-/m0/s1. The number of aromatic nitrogens is 3. The van der Waals surface area contributed by atoms with Crippen LogP contribution < -0.4 is 5.32 Å². The fourth-order valence-electron chi connectivity index (χ4n) is 2.98. The second-order valence-corrected chi connectivity index (χ2v) is 6.34. The quantitative estimate of drug-likeness (QED) is 0.767. The molecule has 1 aliphatic rings. The van der Waals surface area contributed by atoms with Crippen molar-refractivity contribution in [1.82, 2.24) is 15.0 Å². The Hall–Kier alpha value is -3.13. The van der Waals surface area contributed by atoms with Gasteiger partial charge in [-0.05, 0) is 48.4 Å².